The summed E-state index contributed by atoms with van der Waals surface area (Å²) in [6.07, 6.45) is 0. The second-order valence-electron chi connectivity index (χ2n) is 5.66. The number of nitrogen functional groups attached to an aromatic ring is 1. The van der Waals surface area contributed by atoms with E-state index in [9.17, 15) is 4.79 Å². The maximum Gasteiger partial charge on any atom is 0.265 e. The van der Waals surface area contributed by atoms with Crippen LogP contribution in [-0.2, 0) is 5.41 Å². The van der Waals surface area contributed by atoms with E-state index in [0.717, 1.165) is 16.6 Å². The summed E-state index contributed by atoms with van der Waals surface area (Å²) >= 11 is 0. The van der Waals surface area contributed by atoms with Gasteiger partial charge in [-0.3, -0.25) is 15.2 Å². The average molecular weight is 273 g/mol. The average Bonchev–Trinajstić information content (AvgIpc) is 2.43. The number of benzene rings is 1. The summed E-state index contributed by atoms with van der Waals surface area (Å²) in [4.78, 5) is 16.6. The summed E-state index contributed by atoms with van der Waals surface area (Å²) in [5.41, 5.74) is 4.12. The quantitative estimate of drug-likeness (QED) is 0.499. The molecule has 2 aromatic rings. The number of methoxy groups -OCH3 is 1. The Morgan fingerprint density at radius 3 is 2.55 bits per heavy atom. The SMILES string of the molecule is COc1ccc2nc(C(C)(C)C)cc(C(=O)NN)c2c1. The van der Waals surface area contributed by atoms with Gasteiger partial charge in [0.25, 0.3) is 5.91 Å². The standard InChI is InChI=1S/C15H19N3O2/c1-15(2,3)13-8-11(14(19)18-16)10-7-9(20-4)5-6-12(10)17-13/h5-8H,16H2,1-4H3,(H,18,19). The summed E-state index contributed by atoms with van der Waals surface area (Å²) in [5, 5.41) is 0.723. The van der Waals surface area contributed by atoms with Crippen molar-refractivity contribution in [2.75, 3.05) is 7.11 Å². The van der Waals surface area contributed by atoms with Gasteiger partial charge < -0.3 is 4.74 Å². The lowest BCUT2D eigenvalue weighted by atomic mass is 9.89. The van der Waals surface area contributed by atoms with Gasteiger partial charge in [-0.1, -0.05) is 20.8 Å². The Morgan fingerprint density at radius 1 is 1.30 bits per heavy atom. The number of fused-ring (bicyclic) bond motifs is 1. The monoisotopic (exact) mass is 273 g/mol. The fraction of sp³-hybridized carbons (Fsp3) is 0.333. The second kappa shape index (κ2) is 5.09. The van der Waals surface area contributed by atoms with Crippen molar-refractivity contribution in [2.45, 2.75) is 26.2 Å². The highest BCUT2D eigenvalue weighted by Gasteiger charge is 2.20. The van der Waals surface area contributed by atoms with E-state index in [-0.39, 0.29) is 11.3 Å². The van der Waals surface area contributed by atoms with E-state index in [0.29, 0.717) is 11.3 Å². The predicted molar refractivity (Wildman–Crippen MR) is 78.6 cm³/mol. The Kier molecular flexibility index (Phi) is 3.63. The Hall–Kier alpha value is -2.14. The zero-order chi connectivity index (χ0) is 14.9. The van der Waals surface area contributed by atoms with Crippen LogP contribution in [0.15, 0.2) is 24.3 Å². The Morgan fingerprint density at radius 2 is 2.00 bits per heavy atom. The molecule has 3 N–H and O–H groups in total. The normalized spacial score (nSPS) is 11.4. The number of pyridine rings is 1. The number of rotatable bonds is 2. The lowest BCUT2D eigenvalue weighted by Crippen LogP contribution is -2.30. The van der Waals surface area contributed by atoms with E-state index in [2.05, 4.69) is 31.2 Å². The molecule has 1 amide bonds. The minimum absolute atomic E-state index is 0.155. The van der Waals surface area contributed by atoms with Gasteiger partial charge in [-0.05, 0) is 24.3 Å². The molecule has 0 fully saturated rings. The number of nitrogens with zero attached hydrogens (tertiary/aromatic N) is 1. The van der Waals surface area contributed by atoms with E-state index in [1.165, 1.54) is 0 Å². The van der Waals surface area contributed by atoms with Gasteiger partial charge in [0.15, 0.2) is 0 Å². The highest BCUT2D eigenvalue weighted by molar-refractivity contribution is 6.06. The van der Waals surface area contributed by atoms with Crippen LogP contribution in [0.2, 0.25) is 0 Å². The summed E-state index contributed by atoms with van der Waals surface area (Å²) < 4.78 is 5.20. The first-order valence-corrected chi connectivity index (χ1v) is 6.37. The number of nitrogens with one attached hydrogen (secondary N) is 1. The fourth-order valence-electron chi connectivity index (χ4n) is 1.98. The maximum atomic E-state index is 12.0. The van der Waals surface area contributed by atoms with Gasteiger partial charge in [0.1, 0.15) is 5.75 Å². The van der Waals surface area contributed by atoms with Crippen molar-refractivity contribution in [3.8, 4) is 5.75 Å². The first kappa shape index (κ1) is 14.3. The van der Waals surface area contributed by atoms with E-state index < -0.39 is 0 Å². The molecule has 1 heterocycles. The molecular formula is C15H19N3O2. The third-order valence-electron chi connectivity index (χ3n) is 3.16. The van der Waals surface area contributed by atoms with Gasteiger partial charge in [0.05, 0.1) is 18.2 Å². The van der Waals surface area contributed by atoms with Crippen LogP contribution in [0.1, 0.15) is 36.8 Å². The van der Waals surface area contributed by atoms with Gasteiger partial charge >= 0.3 is 0 Å². The lowest BCUT2D eigenvalue weighted by Gasteiger charge is -2.19. The van der Waals surface area contributed by atoms with Crippen molar-refractivity contribution in [3.05, 3.63) is 35.5 Å². The van der Waals surface area contributed by atoms with Gasteiger partial charge in [0.2, 0.25) is 0 Å². The molecule has 5 heteroatoms. The molecule has 0 radical (unpaired) electrons. The molecule has 2 rings (SSSR count). The van der Waals surface area contributed by atoms with Gasteiger partial charge in [-0.15, -0.1) is 0 Å². The molecule has 5 nitrogen and oxygen atoms in total. The van der Waals surface area contributed by atoms with Crippen LogP contribution < -0.4 is 16.0 Å². The van der Waals surface area contributed by atoms with E-state index in [1.807, 2.05) is 12.1 Å². The zero-order valence-electron chi connectivity index (χ0n) is 12.2. The minimum atomic E-state index is -0.337. The molecule has 0 saturated heterocycles. The van der Waals surface area contributed by atoms with Crippen LogP contribution in [0.25, 0.3) is 10.9 Å². The van der Waals surface area contributed by atoms with E-state index in [1.54, 1.807) is 19.2 Å². The van der Waals surface area contributed by atoms with Crippen molar-refractivity contribution < 1.29 is 9.53 Å². The van der Waals surface area contributed by atoms with Gasteiger partial charge in [-0.2, -0.15) is 0 Å². The van der Waals surface area contributed by atoms with Gasteiger partial charge in [0, 0.05) is 16.5 Å². The Balaban J connectivity index is 2.78. The lowest BCUT2D eigenvalue weighted by molar-refractivity contribution is 0.0955. The summed E-state index contributed by atoms with van der Waals surface area (Å²) in [6, 6.07) is 7.24. The third-order valence-corrected chi connectivity index (χ3v) is 3.16. The number of carbonyl (C=O) groups is 1. The van der Waals surface area contributed by atoms with E-state index in [4.69, 9.17) is 10.6 Å². The topological polar surface area (TPSA) is 77.2 Å². The second-order valence-corrected chi connectivity index (χ2v) is 5.66. The van der Waals surface area contributed by atoms with Crippen LogP contribution in [0.4, 0.5) is 0 Å². The molecular weight excluding hydrogens is 254 g/mol. The first-order chi connectivity index (χ1) is 9.36. The molecule has 0 aliphatic rings. The van der Waals surface area contributed by atoms with Crippen LogP contribution >= 0.6 is 0 Å². The molecule has 0 aliphatic heterocycles. The maximum absolute atomic E-state index is 12.0. The minimum Gasteiger partial charge on any atom is -0.497 e. The summed E-state index contributed by atoms with van der Waals surface area (Å²) in [6.45, 7) is 6.15. The van der Waals surface area contributed by atoms with E-state index >= 15 is 0 Å². The zero-order valence-corrected chi connectivity index (χ0v) is 12.2. The summed E-state index contributed by atoms with van der Waals surface area (Å²) in [7, 11) is 1.58. The number of carbonyl (C=O) groups excluding carboxylic acids is 1. The molecule has 0 unspecified atom stereocenters. The molecule has 0 atom stereocenters. The smallest absolute Gasteiger partial charge is 0.265 e. The van der Waals surface area contributed by atoms with Crippen molar-refractivity contribution >= 4 is 16.8 Å². The molecule has 20 heavy (non-hydrogen) atoms. The molecule has 0 saturated carbocycles. The fourth-order valence-corrected chi connectivity index (χ4v) is 1.98. The third kappa shape index (κ3) is 2.58. The number of hydrogen-bond acceptors (Lipinski definition) is 4. The number of hydrogen-bond donors (Lipinski definition) is 2. The number of ether oxygens (including phenoxy) is 1. The number of aromatic nitrogens is 1. The first-order valence-electron chi connectivity index (χ1n) is 6.37. The van der Waals surface area contributed by atoms with Crippen LogP contribution in [-0.4, -0.2) is 18.0 Å². The molecule has 1 aromatic carbocycles. The molecule has 0 aliphatic carbocycles. The van der Waals surface area contributed by atoms with Gasteiger partial charge in [-0.25, -0.2) is 5.84 Å². The molecule has 0 bridgehead atoms. The number of amides is 1. The Bertz CT molecular complexity index is 660. The van der Waals surface area contributed by atoms with Crippen molar-refractivity contribution in [1.29, 1.82) is 0 Å². The predicted octanol–water partition coefficient (Wildman–Crippen LogP) is 2.14. The van der Waals surface area contributed by atoms with Crippen molar-refractivity contribution in [2.24, 2.45) is 5.84 Å². The summed E-state index contributed by atoms with van der Waals surface area (Å²) in [5.74, 6) is 5.61. The van der Waals surface area contributed by atoms with Crippen molar-refractivity contribution in [3.63, 3.8) is 0 Å². The largest absolute Gasteiger partial charge is 0.497 e. The van der Waals surface area contributed by atoms with Crippen LogP contribution in [0.5, 0.6) is 5.75 Å². The molecule has 106 valence electrons. The van der Waals surface area contributed by atoms with Crippen LogP contribution in [0, 0.1) is 0 Å². The highest BCUT2D eigenvalue weighted by atomic mass is 16.5. The highest BCUT2D eigenvalue weighted by Crippen LogP contribution is 2.28. The molecule has 1 aromatic heterocycles. The van der Waals surface area contributed by atoms with Crippen LogP contribution in [0.3, 0.4) is 0 Å². The number of hydrazine groups is 1. The van der Waals surface area contributed by atoms with Crippen molar-refractivity contribution in [1.82, 2.24) is 10.4 Å². The Labute approximate surface area is 118 Å². The molecule has 0 spiro atoms. The number of nitrogens with two attached hydrogens (primary N) is 1.